The van der Waals surface area contributed by atoms with Crippen molar-refractivity contribution in [3.8, 4) is 0 Å². The largest absolute Gasteiger partial charge is 0.383 e. The van der Waals surface area contributed by atoms with Crippen LogP contribution in [0.4, 0.5) is 18.4 Å². The van der Waals surface area contributed by atoms with Crippen LogP contribution in [0.15, 0.2) is 18.2 Å². The molecule has 1 aromatic rings. The maximum Gasteiger partial charge on any atom is 0.324 e. The monoisotopic (exact) mass is 507 g/mol. The first-order valence-electron chi connectivity index (χ1n) is 12.2. The molecule has 2 atom stereocenters. The molecule has 6 amide bonds. The van der Waals surface area contributed by atoms with Crippen molar-refractivity contribution in [2.24, 2.45) is 0 Å². The molecule has 0 spiro atoms. The van der Waals surface area contributed by atoms with Crippen LogP contribution in [0.25, 0.3) is 0 Å². The van der Waals surface area contributed by atoms with Gasteiger partial charge in [0.05, 0.1) is 6.61 Å². The molecular weight excluding hydrogens is 476 g/mol. The summed E-state index contributed by atoms with van der Waals surface area (Å²) in [5, 5.41) is 5.09. The number of amides is 6. The van der Waals surface area contributed by atoms with E-state index in [0.29, 0.717) is 32.4 Å². The molecule has 36 heavy (non-hydrogen) atoms. The Morgan fingerprint density at radius 1 is 1.14 bits per heavy atom. The summed E-state index contributed by atoms with van der Waals surface area (Å²) in [6.07, 6.45) is 1.71. The Labute approximate surface area is 207 Å². The summed E-state index contributed by atoms with van der Waals surface area (Å²) >= 11 is 0. The molecule has 0 unspecified atom stereocenters. The molecule has 10 nitrogen and oxygen atoms in total. The molecule has 196 valence electrons. The summed E-state index contributed by atoms with van der Waals surface area (Å²) in [6.45, 7) is 1.50. The lowest BCUT2D eigenvalue weighted by Gasteiger charge is -2.36. The van der Waals surface area contributed by atoms with Gasteiger partial charge in [0.15, 0.2) is 11.6 Å². The Kier molecular flexibility index (Phi) is 8.02. The van der Waals surface area contributed by atoms with E-state index in [2.05, 4.69) is 10.6 Å². The lowest BCUT2D eigenvalue weighted by Crippen LogP contribution is -2.55. The zero-order valence-electron chi connectivity index (χ0n) is 20.2. The van der Waals surface area contributed by atoms with Crippen LogP contribution in [-0.2, 0) is 14.3 Å². The van der Waals surface area contributed by atoms with Gasteiger partial charge in [-0.05, 0) is 37.3 Å². The fourth-order valence-electron chi connectivity index (χ4n) is 5.16. The molecule has 3 aliphatic rings. The third-order valence-corrected chi connectivity index (χ3v) is 7.15. The third-order valence-electron chi connectivity index (χ3n) is 7.15. The van der Waals surface area contributed by atoms with Gasteiger partial charge in [-0.3, -0.25) is 14.9 Å². The Hall–Kier alpha value is -3.28. The minimum absolute atomic E-state index is 0.0245. The van der Waals surface area contributed by atoms with Gasteiger partial charge in [0, 0.05) is 45.2 Å². The highest BCUT2D eigenvalue weighted by atomic mass is 19.2. The molecule has 0 aromatic heterocycles. The van der Waals surface area contributed by atoms with E-state index in [9.17, 15) is 28.0 Å². The summed E-state index contributed by atoms with van der Waals surface area (Å²) in [4.78, 5) is 54.3. The molecule has 3 fully saturated rings. The number of methoxy groups -OCH3 is 1. The van der Waals surface area contributed by atoms with Crippen molar-refractivity contribution >= 4 is 23.9 Å². The molecule has 3 aliphatic heterocycles. The lowest BCUT2D eigenvalue weighted by molar-refractivity contribution is -0.133. The van der Waals surface area contributed by atoms with Crippen molar-refractivity contribution in [2.45, 2.75) is 43.7 Å². The third kappa shape index (κ3) is 5.58. The van der Waals surface area contributed by atoms with E-state index in [4.69, 9.17) is 4.74 Å². The predicted octanol–water partition coefficient (Wildman–Crippen LogP) is 1.41. The SMILES string of the molecule is COCCN1C[C@H](c2cccc(F)c2F)CC[C@@H](NC(=O)N2CCC(N3CC(=O)NC3=O)CC2)C1=O. The lowest BCUT2D eigenvalue weighted by atomic mass is 9.93. The molecule has 2 N–H and O–H groups in total. The second kappa shape index (κ2) is 11.2. The number of piperidine rings is 1. The van der Waals surface area contributed by atoms with Gasteiger partial charge < -0.3 is 24.8 Å². The van der Waals surface area contributed by atoms with Gasteiger partial charge in [-0.25, -0.2) is 18.4 Å². The quantitative estimate of drug-likeness (QED) is 0.566. The average Bonchev–Trinajstić information content (AvgIpc) is 3.13. The smallest absolute Gasteiger partial charge is 0.324 e. The number of carbonyl (C=O) groups excluding carboxylic acids is 4. The molecule has 0 bridgehead atoms. The summed E-state index contributed by atoms with van der Waals surface area (Å²) in [5.74, 6) is -2.90. The van der Waals surface area contributed by atoms with Gasteiger partial charge in [-0.1, -0.05) is 12.1 Å². The number of hydrogen-bond acceptors (Lipinski definition) is 5. The number of likely N-dealkylation sites (tertiary alicyclic amines) is 2. The number of imide groups is 1. The number of rotatable bonds is 6. The van der Waals surface area contributed by atoms with Crippen molar-refractivity contribution in [1.82, 2.24) is 25.3 Å². The Bertz CT molecular complexity index is 1020. The number of ether oxygens (including phenoxy) is 1. The van der Waals surface area contributed by atoms with Crippen LogP contribution < -0.4 is 10.6 Å². The van der Waals surface area contributed by atoms with Gasteiger partial charge in [0.1, 0.15) is 12.6 Å². The summed E-state index contributed by atoms with van der Waals surface area (Å²) < 4.78 is 33.5. The van der Waals surface area contributed by atoms with Gasteiger partial charge in [-0.15, -0.1) is 0 Å². The van der Waals surface area contributed by atoms with Crippen molar-refractivity contribution in [3.63, 3.8) is 0 Å². The molecule has 0 aliphatic carbocycles. The number of halogens is 2. The van der Waals surface area contributed by atoms with Crippen molar-refractivity contribution in [2.75, 3.05) is 46.4 Å². The minimum Gasteiger partial charge on any atom is -0.383 e. The fourth-order valence-corrected chi connectivity index (χ4v) is 5.16. The van der Waals surface area contributed by atoms with Gasteiger partial charge >= 0.3 is 12.1 Å². The van der Waals surface area contributed by atoms with E-state index in [1.807, 2.05) is 0 Å². The van der Waals surface area contributed by atoms with E-state index in [1.54, 1.807) is 4.90 Å². The minimum atomic E-state index is -0.935. The van der Waals surface area contributed by atoms with Gasteiger partial charge in [0.25, 0.3) is 0 Å². The second-order valence-corrected chi connectivity index (χ2v) is 9.40. The van der Waals surface area contributed by atoms with Crippen LogP contribution in [0, 0.1) is 11.6 Å². The summed E-state index contributed by atoms with van der Waals surface area (Å²) in [5.41, 5.74) is 0.212. The first kappa shape index (κ1) is 25.8. The maximum atomic E-state index is 14.5. The molecular formula is C24H31F2N5O5. The van der Waals surface area contributed by atoms with Crippen LogP contribution in [0.3, 0.4) is 0 Å². The zero-order valence-corrected chi connectivity index (χ0v) is 20.2. The first-order valence-corrected chi connectivity index (χ1v) is 12.2. The van der Waals surface area contributed by atoms with Crippen molar-refractivity contribution in [1.29, 1.82) is 0 Å². The fraction of sp³-hybridized carbons (Fsp3) is 0.583. The molecule has 1 aromatic carbocycles. The van der Waals surface area contributed by atoms with E-state index in [1.165, 1.54) is 29.0 Å². The van der Waals surface area contributed by atoms with Crippen LogP contribution in [0.5, 0.6) is 0 Å². The topological polar surface area (TPSA) is 111 Å². The summed E-state index contributed by atoms with van der Waals surface area (Å²) in [6, 6.07) is 2.29. The maximum absolute atomic E-state index is 14.5. The van der Waals surface area contributed by atoms with Crippen LogP contribution in [-0.4, -0.2) is 97.1 Å². The molecule has 3 heterocycles. The molecule has 0 saturated carbocycles. The average molecular weight is 508 g/mol. The number of carbonyl (C=O) groups is 4. The van der Waals surface area contributed by atoms with Crippen molar-refractivity contribution in [3.05, 3.63) is 35.4 Å². The number of nitrogens with zero attached hydrogens (tertiary/aromatic N) is 3. The number of benzene rings is 1. The van der Waals surface area contributed by atoms with E-state index < -0.39 is 35.7 Å². The highest BCUT2D eigenvalue weighted by molar-refractivity contribution is 6.02. The predicted molar refractivity (Wildman–Crippen MR) is 124 cm³/mol. The molecule has 0 radical (unpaired) electrons. The first-order chi connectivity index (χ1) is 17.3. The Morgan fingerprint density at radius 2 is 1.89 bits per heavy atom. The highest BCUT2D eigenvalue weighted by Gasteiger charge is 2.37. The highest BCUT2D eigenvalue weighted by Crippen LogP contribution is 2.30. The van der Waals surface area contributed by atoms with Gasteiger partial charge in [-0.2, -0.15) is 0 Å². The Balaban J connectivity index is 1.39. The molecule has 12 heteroatoms. The van der Waals surface area contributed by atoms with E-state index in [-0.39, 0.29) is 56.1 Å². The summed E-state index contributed by atoms with van der Waals surface area (Å²) in [7, 11) is 1.51. The van der Waals surface area contributed by atoms with E-state index in [0.717, 1.165) is 6.07 Å². The Morgan fingerprint density at radius 3 is 2.56 bits per heavy atom. The standard InChI is InChI=1S/C24H31F2N5O5/c1-36-12-11-30-13-15(17-3-2-4-18(25)21(17)26)5-6-19(22(30)33)27-23(34)29-9-7-16(8-10-29)31-14-20(32)28-24(31)35/h2-4,15-16,19H,5-14H2,1H3,(H,27,34)(H,28,32,35)/t15-,19-/m1/s1. The zero-order chi connectivity index (χ0) is 25.8. The second-order valence-electron chi connectivity index (χ2n) is 9.40. The number of hydrogen-bond donors (Lipinski definition) is 2. The molecule has 3 saturated heterocycles. The van der Waals surface area contributed by atoms with E-state index >= 15 is 0 Å². The molecule has 4 rings (SSSR count). The number of urea groups is 2. The number of nitrogens with one attached hydrogen (secondary N) is 2. The normalized spacial score (nSPS) is 23.6. The van der Waals surface area contributed by atoms with Crippen molar-refractivity contribution < 1.29 is 32.7 Å². The van der Waals surface area contributed by atoms with Crippen LogP contribution >= 0.6 is 0 Å². The van der Waals surface area contributed by atoms with Crippen LogP contribution in [0.1, 0.15) is 37.2 Å². The van der Waals surface area contributed by atoms with Gasteiger partial charge in [0.2, 0.25) is 11.8 Å². The van der Waals surface area contributed by atoms with Crippen LogP contribution in [0.2, 0.25) is 0 Å².